The highest BCUT2D eigenvalue weighted by Gasteiger charge is 2.42. The van der Waals surface area contributed by atoms with Crippen LogP contribution in [0.1, 0.15) is 38.2 Å². The molecule has 0 radical (unpaired) electrons. The van der Waals surface area contributed by atoms with Gasteiger partial charge in [-0.05, 0) is 63.0 Å². The third-order valence-corrected chi connectivity index (χ3v) is 7.38. The van der Waals surface area contributed by atoms with Crippen molar-refractivity contribution in [1.82, 2.24) is 14.9 Å². The Morgan fingerprint density at radius 3 is 2.89 bits per heavy atom. The van der Waals surface area contributed by atoms with Crippen molar-refractivity contribution in [3.05, 3.63) is 34.1 Å². The Labute approximate surface area is 163 Å². The van der Waals surface area contributed by atoms with Gasteiger partial charge in [0.25, 0.3) is 5.56 Å². The molecule has 5 nitrogen and oxygen atoms in total. The summed E-state index contributed by atoms with van der Waals surface area (Å²) in [7, 11) is 1.72. The highest BCUT2D eigenvalue weighted by Crippen LogP contribution is 2.49. The first-order chi connectivity index (χ1) is 12.9. The van der Waals surface area contributed by atoms with E-state index in [-0.39, 0.29) is 23.3 Å². The van der Waals surface area contributed by atoms with E-state index >= 15 is 0 Å². The molecule has 0 aliphatic heterocycles. The van der Waals surface area contributed by atoms with E-state index < -0.39 is 0 Å². The first-order valence-electron chi connectivity index (χ1n) is 9.82. The summed E-state index contributed by atoms with van der Waals surface area (Å²) in [6.45, 7) is 4.10. The van der Waals surface area contributed by atoms with Crippen LogP contribution in [0.15, 0.2) is 28.2 Å². The second-order valence-corrected chi connectivity index (χ2v) is 9.21. The monoisotopic (exact) mass is 385 g/mol. The van der Waals surface area contributed by atoms with Crippen LogP contribution < -0.4 is 10.9 Å². The molecule has 144 valence electrons. The standard InChI is InChI=1S/C21H27N3O2S/c1-12-4-7-18-17(8-12)20(26)24(3)21(23-18)27-11-19(25)22-13(2)16-10-14-5-6-15(16)9-14/h4,7-8,13-16H,5-6,9-11H2,1-3H3,(H,22,25). The summed E-state index contributed by atoms with van der Waals surface area (Å²) in [4.78, 5) is 29.6. The minimum Gasteiger partial charge on any atom is -0.353 e. The fourth-order valence-electron chi connectivity index (χ4n) is 4.93. The SMILES string of the molecule is Cc1ccc2nc(SCC(=O)NC(C)C3CC4CCC3C4)n(C)c(=O)c2c1. The van der Waals surface area contributed by atoms with Gasteiger partial charge in [-0.3, -0.25) is 14.2 Å². The number of rotatable bonds is 5. The zero-order chi connectivity index (χ0) is 19.1. The van der Waals surface area contributed by atoms with Crippen LogP contribution in [0.4, 0.5) is 0 Å². The van der Waals surface area contributed by atoms with E-state index in [1.54, 1.807) is 11.6 Å². The van der Waals surface area contributed by atoms with Gasteiger partial charge in [-0.1, -0.05) is 29.8 Å². The lowest BCUT2D eigenvalue weighted by Crippen LogP contribution is -2.41. The van der Waals surface area contributed by atoms with Gasteiger partial charge in [0, 0.05) is 13.1 Å². The van der Waals surface area contributed by atoms with E-state index in [4.69, 9.17) is 0 Å². The minimum atomic E-state index is -0.0676. The smallest absolute Gasteiger partial charge is 0.261 e. The van der Waals surface area contributed by atoms with Crippen molar-refractivity contribution in [2.24, 2.45) is 24.8 Å². The number of benzene rings is 1. The molecule has 1 N–H and O–H groups in total. The molecule has 4 atom stereocenters. The maximum Gasteiger partial charge on any atom is 0.261 e. The Hall–Kier alpha value is -1.82. The first kappa shape index (κ1) is 18.5. The normalized spacial score (nSPS) is 25.1. The molecule has 1 aromatic carbocycles. The Balaban J connectivity index is 1.41. The second-order valence-electron chi connectivity index (χ2n) is 8.26. The lowest BCUT2D eigenvalue weighted by Gasteiger charge is -2.28. The lowest BCUT2D eigenvalue weighted by molar-refractivity contribution is -0.119. The van der Waals surface area contributed by atoms with Crippen molar-refractivity contribution in [2.45, 2.75) is 50.7 Å². The molecule has 2 aromatic rings. The number of nitrogens with one attached hydrogen (secondary N) is 1. The first-order valence-corrected chi connectivity index (χ1v) is 10.8. The van der Waals surface area contributed by atoms with E-state index in [1.165, 1.54) is 37.4 Å². The van der Waals surface area contributed by atoms with E-state index in [2.05, 4.69) is 17.2 Å². The Morgan fingerprint density at radius 1 is 1.37 bits per heavy atom. The number of fused-ring (bicyclic) bond motifs is 3. The van der Waals surface area contributed by atoms with Crippen LogP contribution in [0, 0.1) is 24.7 Å². The van der Waals surface area contributed by atoms with Crippen LogP contribution in [0.3, 0.4) is 0 Å². The summed E-state index contributed by atoms with van der Waals surface area (Å²) in [5.41, 5.74) is 1.65. The van der Waals surface area contributed by atoms with Gasteiger partial charge in [-0.2, -0.15) is 0 Å². The van der Waals surface area contributed by atoms with Crippen LogP contribution in [-0.4, -0.2) is 27.3 Å². The number of nitrogens with zero attached hydrogens (tertiary/aromatic N) is 2. The molecule has 2 aliphatic rings. The molecule has 2 saturated carbocycles. The number of amides is 1. The van der Waals surface area contributed by atoms with Gasteiger partial charge in [-0.25, -0.2) is 4.98 Å². The molecule has 1 amide bonds. The average molecular weight is 386 g/mol. The van der Waals surface area contributed by atoms with Crippen LogP contribution in [0.5, 0.6) is 0 Å². The number of aryl methyl sites for hydroxylation is 1. The summed E-state index contributed by atoms with van der Waals surface area (Å²) >= 11 is 1.33. The second kappa shape index (κ2) is 7.30. The van der Waals surface area contributed by atoms with Gasteiger partial charge in [0.2, 0.25) is 5.91 Å². The zero-order valence-electron chi connectivity index (χ0n) is 16.2. The largest absolute Gasteiger partial charge is 0.353 e. The fourth-order valence-corrected chi connectivity index (χ4v) is 5.72. The molecule has 4 rings (SSSR count). The Kier molecular flexibility index (Phi) is 5.01. The molecular formula is C21H27N3O2S. The third kappa shape index (κ3) is 3.64. The summed E-state index contributed by atoms with van der Waals surface area (Å²) in [5, 5.41) is 4.38. The number of carbonyl (C=O) groups is 1. The predicted octanol–water partition coefficient (Wildman–Crippen LogP) is 3.27. The topological polar surface area (TPSA) is 64.0 Å². The maximum absolute atomic E-state index is 12.6. The van der Waals surface area contributed by atoms with Gasteiger partial charge >= 0.3 is 0 Å². The maximum atomic E-state index is 12.6. The fraction of sp³-hybridized carbons (Fsp3) is 0.571. The van der Waals surface area contributed by atoms with E-state index in [9.17, 15) is 9.59 Å². The molecule has 0 saturated heterocycles. The molecule has 0 spiro atoms. The lowest BCUT2D eigenvalue weighted by atomic mass is 9.84. The molecule has 4 unspecified atom stereocenters. The molecule has 2 fully saturated rings. The van der Waals surface area contributed by atoms with E-state index in [0.717, 1.165) is 17.4 Å². The van der Waals surface area contributed by atoms with Gasteiger partial charge in [0.1, 0.15) is 0 Å². The van der Waals surface area contributed by atoms with Gasteiger partial charge in [0.15, 0.2) is 5.16 Å². The Morgan fingerprint density at radius 2 is 2.19 bits per heavy atom. The quantitative estimate of drug-likeness (QED) is 0.634. The van der Waals surface area contributed by atoms with Crippen LogP contribution >= 0.6 is 11.8 Å². The number of aromatic nitrogens is 2. The number of hydrogen-bond donors (Lipinski definition) is 1. The predicted molar refractivity (Wildman–Crippen MR) is 109 cm³/mol. The van der Waals surface area contributed by atoms with Crippen LogP contribution in [0.25, 0.3) is 10.9 Å². The van der Waals surface area contributed by atoms with Gasteiger partial charge < -0.3 is 5.32 Å². The van der Waals surface area contributed by atoms with Crippen molar-refractivity contribution < 1.29 is 4.79 Å². The summed E-state index contributed by atoms with van der Waals surface area (Å²) in [6.07, 6.45) is 5.31. The molecule has 1 heterocycles. The van der Waals surface area contributed by atoms with Crippen molar-refractivity contribution in [1.29, 1.82) is 0 Å². The van der Waals surface area contributed by atoms with E-state index in [0.29, 0.717) is 22.0 Å². The van der Waals surface area contributed by atoms with Crippen LogP contribution in [-0.2, 0) is 11.8 Å². The summed E-state index contributed by atoms with van der Waals surface area (Å²) in [6, 6.07) is 5.91. The summed E-state index contributed by atoms with van der Waals surface area (Å²) < 4.78 is 1.54. The molecule has 27 heavy (non-hydrogen) atoms. The number of hydrogen-bond acceptors (Lipinski definition) is 4. The van der Waals surface area contributed by atoms with Gasteiger partial charge in [0.05, 0.1) is 16.7 Å². The molecule has 2 bridgehead atoms. The van der Waals surface area contributed by atoms with Crippen molar-refractivity contribution in [3.8, 4) is 0 Å². The number of thioether (sulfide) groups is 1. The van der Waals surface area contributed by atoms with Crippen molar-refractivity contribution in [2.75, 3.05) is 5.75 Å². The molecule has 6 heteroatoms. The van der Waals surface area contributed by atoms with Crippen molar-refractivity contribution in [3.63, 3.8) is 0 Å². The third-order valence-electron chi connectivity index (χ3n) is 6.35. The van der Waals surface area contributed by atoms with Crippen LogP contribution in [0.2, 0.25) is 0 Å². The number of carbonyl (C=O) groups excluding carboxylic acids is 1. The Bertz CT molecular complexity index is 939. The van der Waals surface area contributed by atoms with Crippen molar-refractivity contribution >= 4 is 28.6 Å². The van der Waals surface area contributed by atoms with Gasteiger partial charge in [-0.15, -0.1) is 0 Å². The average Bonchev–Trinajstić information content (AvgIpc) is 3.27. The van der Waals surface area contributed by atoms with E-state index in [1.807, 2.05) is 25.1 Å². The summed E-state index contributed by atoms with van der Waals surface area (Å²) in [5.74, 6) is 2.61. The molecular weight excluding hydrogens is 358 g/mol. The minimum absolute atomic E-state index is 0.0218. The highest BCUT2D eigenvalue weighted by molar-refractivity contribution is 7.99. The zero-order valence-corrected chi connectivity index (χ0v) is 17.0. The molecule has 2 aliphatic carbocycles. The molecule has 1 aromatic heterocycles. The highest BCUT2D eigenvalue weighted by atomic mass is 32.2.